The highest BCUT2D eigenvalue weighted by molar-refractivity contribution is 5.75. The molecule has 2 bridgehead atoms. The molecule has 2 heterocycles. The molecule has 1 spiro atoms. The SMILES string of the molecule is O=C(N[C@H]1CC2(CCN(C3C[C@@H]4CC[C@@H]3C4)CC2)c2ccccc21)N1CCCCC1.[HH]. The van der Waals surface area contributed by atoms with E-state index in [1.54, 1.807) is 0 Å². The van der Waals surface area contributed by atoms with E-state index in [0.717, 1.165) is 50.2 Å². The first-order valence-corrected chi connectivity index (χ1v) is 12.6. The maximum Gasteiger partial charge on any atom is 0.317 e. The standard InChI is InChI=1S/C26H37N3O.H2/c30-25(29-12-4-1-5-13-29)27-23-18-26(22-7-3-2-6-21(22)23)10-14-28(15-11-26)24-17-19-8-9-20(24)16-19;/h2-3,6-7,19-20,23-24H,1,4-5,8-18H2,(H,27,30);1H/t19-,20-,23+,24?;/m1./s1. The van der Waals surface area contributed by atoms with Gasteiger partial charge in [-0.25, -0.2) is 4.79 Å². The van der Waals surface area contributed by atoms with Crippen molar-refractivity contribution in [2.75, 3.05) is 26.2 Å². The van der Waals surface area contributed by atoms with E-state index in [-0.39, 0.29) is 18.9 Å². The Hall–Kier alpha value is -1.55. The number of nitrogens with one attached hydrogen (secondary N) is 1. The van der Waals surface area contributed by atoms with E-state index < -0.39 is 0 Å². The molecule has 1 N–H and O–H groups in total. The molecule has 4 fully saturated rings. The topological polar surface area (TPSA) is 35.6 Å². The molecule has 1 aromatic rings. The number of amides is 2. The molecule has 2 saturated heterocycles. The van der Waals surface area contributed by atoms with Crippen LogP contribution in [0.5, 0.6) is 0 Å². The fourth-order valence-electron chi connectivity index (χ4n) is 7.78. The van der Waals surface area contributed by atoms with Crippen LogP contribution in [0.2, 0.25) is 0 Å². The number of hydrogen-bond acceptors (Lipinski definition) is 2. The summed E-state index contributed by atoms with van der Waals surface area (Å²) in [5.41, 5.74) is 3.18. The summed E-state index contributed by atoms with van der Waals surface area (Å²) in [6.45, 7) is 4.33. The lowest BCUT2D eigenvalue weighted by Gasteiger charge is -2.44. The summed E-state index contributed by atoms with van der Waals surface area (Å²) in [7, 11) is 0. The highest BCUT2D eigenvalue weighted by Crippen LogP contribution is 2.53. The van der Waals surface area contributed by atoms with Crippen molar-refractivity contribution in [3.8, 4) is 0 Å². The van der Waals surface area contributed by atoms with Crippen LogP contribution in [0.3, 0.4) is 0 Å². The zero-order chi connectivity index (χ0) is 20.1. The molecule has 4 nitrogen and oxygen atoms in total. The van der Waals surface area contributed by atoms with Crippen molar-refractivity contribution in [1.29, 1.82) is 0 Å². The fourth-order valence-corrected chi connectivity index (χ4v) is 7.78. The molecule has 1 unspecified atom stereocenters. The first-order valence-electron chi connectivity index (χ1n) is 12.6. The predicted molar refractivity (Wildman–Crippen MR) is 122 cm³/mol. The molecule has 1 aromatic carbocycles. The maximum absolute atomic E-state index is 12.9. The Bertz CT molecular complexity index is 800. The van der Waals surface area contributed by atoms with Crippen LogP contribution in [0.4, 0.5) is 4.79 Å². The van der Waals surface area contributed by atoms with Crippen molar-refractivity contribution >= 4 is 6.03 Å². The van der Waals surface area contributed by atoms with E-state index in [4.69, 9.17) is 0 Å². The van der Waals surface area contributed by atoms with Crippen LogP contribution >= 0.6 is 0 Å². The molecule has 30 heavy (non-hydrogen) atoms. The highest BCUT2D eigenvalue weighted by Gasteiger charge is 2.49. The van der Waals surface area contributed by atoms with Gasteiger partial charge in [-0.3, -0.25) is 0 Å². The number of hydrogen-bond donors (Lipinski definition) is 1. The number of rotatable bonds is 2. The quantitative estimate of drug-likeness (QED) is 0.738. The van der Waals surface area contributed by atoms with Crippen LogP contribution in [-0.4, -0.2) is 48.1 Å². The lowest BCUT2D eigenvalue weighted by molar-refractivity contribution is 0.0810. The van der Waals surface area contributed by atoms with Crippen LogP contribution in [0.25, 0.3) is 0 Å². The van der Waals surface area contributed by atoms with Crippen molar-refractivity contribution < 1.29 is 6.22 Å². The van der Waals surface area contributed by atoms with Gasteiger partial charge in [0.2, 0.25) is 0 Å². The van der Waals surface area contributed by atoms with E-state index in [1.807, 2.05) is 4.90 Å². The van der Waals surface area contributed by atoms with Gasteiger partial charge >= 0.3 is 6.03 Å². The zero-order valence-corrected chi connectivity index (χ0v) is 18.3. The molecular weight excluding hydrogens is 370 g/mol. The monoisotopic (exact) mass is 409 g/mol. The molecular formula is C26H39N3O. The molecule has 4 atom stereocenters. The third-order valence-corrected chi connectivity index (χ3v) is 9.37. The van der Waals surface area contributed by atoms with E-state index in [9.17, 15) is 4.79 Å². The van der Waals surface area contributed by atoms with Gasteiger partial charge in [-0.05, 0) is 93.8 Å². The minimum absolute atomic E-state index is 0. The normalized spacial score (nSPS) is 35.0. The molecule has 164 valence electrons. The number of carbonyl (C=O) groups excluding carboxylic acids is 1. The molecule has 3 aliphatic carbocycles. The number of benzene rings is 1. The van der Waals surface area contributed by atoms with Gasteiger partial charge < -0.3 is 15.1 Å². The van der Waals surface area contributed by atoms with Crippen molar-refractivity contribution in [2.45, 2.75) is 81.7 Å². The number of nitrogens with zero attached hydrogens (tertiary/aromatic N) is 2. The second-order valence-corrected chi connectivity index (χ2v) is 10.9. The molecule has 5 aliphatic rings. The molecule has 2 saturated carbocycles. The van der Waals surface area contributed by atoms with Gasteiger partial charge in [0.05, 0.1) is 6.04 Å². The third kappa shape index (κ3) is 3.18. The minimum Gasteiger partial charge on any atom is -0.331 e. The summed E-state index contributed by atoms with van der Waals surface area (Å²) in [5.74, 6) is 2.01. The van der Waals surface area contributed by atoms with Crippen LogP contribution in [0.1, 0.15) is 82.8 Å². The van der Waals surface area contributed by atoms with E-state index >= 15 is 0 Å². The molecule has 0 radical (unpaired) electrons. The maximum atomic E-state index is 12.9. The average Bonchev–Trinajstić information content (AvgIpc) is 3.50. The minimum atomic E-state index is 0. The van der Waals surface area contributed by atoms with Crippen LogP contribution in [-0.2, 0) is 5.41 Å². The number of urea groups is 1. The number of fused-ring (bicyclic) bond motifs is 4. The second-order valence-electron chi connectivity index (χ2n) is 10.9. The van der Waals surface area contributed by atoms with Crippen molar-refractivity contribution in [2.24, 2.45) is 11.8 Å². The van der Waals surface area contributed by atoms with E-state index in [1.165, 1.54) is 69.2 Å². The van der Waals surface area contributed by atoms with Gasteiger partial charge in [-0.15, -0.1) is 0 Å². The first-order chi connectivity index (χ1) is 14.7. The predicted octanol–water partition coefficient (Wildman–Crippen LogP) is 5.10. The largest absolute Gasteiger partial charge is 0.331 e. The highest BCUT2D eigenvalue weighted by atomic mass is 16.2. The van der Waals surface area contributed by atoms with Gasteiger partial charge in [0.25, 0.3) is 0 Å². The van der Waals surface area contributed by atoms with Crippen molar-refractivity contribution in [1.82, 2.24) is 15.1 Å². The van der Waals surface area contributed by atoms with E-state index in [0.29, 0.717) is 0 Å². The number of piperidine rings is 2. The summed E-state index contributed by atoms with van der Waals surface area (Å²) in [5, 5.41) is 3.44. The summed E-state index contributed by atoms with van der Waals surface area (Å²) in [6, 6.07) is 10.2. The lowest BCUT2D eigenvalue weighted by Crippen LogP contribution is -2.48. The van der Waals surface area contributed by atoms with Gasteiger partial charge in [0, 0.05) is 26.0 Å². The zero-order valence-electron chi connectivity index (χ0n) is 18.3. The average molecular weight is 410 g/mol. The Kier molecular flexibility index (Phi) is 4.82. The van der Waals surface area contributed by atoms with Gasteiger partial charge in [0.1, 0.15) is 0 Å². The fraction of sp³-hybridized carbons (Fsp3) is 0.731. The molecule has 4 heteroatoms. The molecule has 2 amide bonds. The Morgan fingerprint density at radius 1 is 1.00 bits per heavy atom. The Morgan fingerprint density at radius 3 is 2.53 bits per heavy atom. The lowest BCUT2D eigenvalue weighted by atomic mass is 9.73. The van der Waals surface area contributed by atoms with E-state index in [2.05, 4.69) is 34.5 Å². The van der Waals surface area contributed by atoms with Crippen molar-refractivity contribution in [3.63, 3.8) is 0 Å². The second kappa shape index (κ2) is 7.55. The summed E-state index contributed by atoms with van der Waals surface area (Å²) >= 11 is 0. The van der Waals surface area contributed by atoms with Crippen LogP contribution < -0.4 is 5.32 Å². The Labute approximate surface area is 182 Å². The smallest absolute Gasteiger partial charge is 0.317 e. The Morgan fingerprint density at radius 2 is 1.80 bits per heavy atom. The first kappa shape index (κ1) is 19.2. The van der Waals surface area contributed by atoms with Crippen LogP contribution in [0.15, 0.2) is 24.3 Å². The van der Waals surface area contributed by atoms with Gasteiger partial charge in [-0.2, -0.15) is 0 Å². The van der Waals surface area contributed by atoms with Crippen LogP contribution in [0, 0.1) is 11.8 Å². The number of likely N-dealkylation sites (tertiary alicyclic amines) is 2. The Balaban J connectivity index is 0.00000204. The van der Waals surface area contributed by atoms with Gasteiger partial charge in [-0.1, -0.05) is 30.7 Å². The molecule has 6 rings (SSSR count). The molecule has 0 aromatic heterocycles. The summed E-state index contributed by atoms with van der Waals surface area (Å²) < 4.78 is 0. The van der Waals surface area contributed by atoms with Gasteiger partial charge in [0.15, 0.2) is 0 Å². The number of carbonyl (C=O) groups is 1. The summed E-state index contributed by atoms with van der Waals surface area (Å²) in [4.78, 5) is 17.8. The summed E-state index contributed by atoms with van der Waals surface area (Å²) in [6.07, 6.45) is 13.1. The molecule has 2 aliphatic heterocycles. The van der Waals surface area contributed by atoms with Crippen molar-refractivity contribution in [3.05, 3.63) is 35.4 Å². The third-order valence-electron chi connectivity index (χ3n) is 9.37.